The Labute approximate surface area is 200 Å². The van der Waals surface area contributed by atoms with Crippen LogP contribution in [0, 0.1) is 12.7 Å². The Kier molecular flexibility index (Phi) is 8.19. The molecule has 0 bridgehead atoms. The van der Waals surface area contributed by atoms with Gasteiger partial charge in [0.15, 0.2) is 11.6 Å². The normalized spacial score (nSPS) is 19.0. The third-order valence-electron chi connectivity index (χ3n) is 6.25. The van der Waals surface area contributed by atoms with Crippen molar-refractivity contribution in [3.8, 4) is 11.5 Å². The average molecular weight is 468 g/mol. The van der Waals surface area contributed by atoms with E-state index in [0.29, 0.717) is 19.4 Å². The number of nitrogens with zero attached hydrogens (tertiary/aromatic N) is 3. The van der Waals surface area contributed by atoms with E-state index in [9.17, 15) is 9.50 Å². The molecule has 0 saturated carbocycles. The maximum Gasteiger partial charge on any atom is 0.165 e. The van der Waals surface area contributed by atoms with Crippen molar-refractivity contribution in [3.63, 3.8) is 0 Å². The summed E-state index contributed by atoms with van der Waals surface area (Å²) in [6.07, 6.45) is 5.00. The van der Waals surface area contributed by atoms with Crippen LogP contribution in [0.5, 0.6) is 11.5 Å². The second-order valence-corrected chi connectivity index (χ2v) is 9.14. The maximum atomic E-state index is 13.8. The van der Waals surface area contributed by atoms with Crippen molar-refractivity contribution in [2.24, 2.45) is 0 Å². The molecule has 1 N–H and O–H groups in total. The highest BCUT2D eigenvalue weighted by molar-refractivity contribution is 5.27. The van der Waals surface area contributed by atoms with E-state index in [1.54, 1.807) is 18.2 Å². The molecule has 2 aromatic carbocycles. The zero-order valence-corrected chi connectivity index (χ0v) is 19.8. The number of hydrogen-bond acceptors (Lipinski definition) is 5. The summed E-state index contributed by atoms with van der Waals surface area (Å²) in [5.41, 5.74) is 1.30. The number of para-hydroxylation sites is 1. The Hall–Kier alpha value is -2.90. The molecule has 1 atom stereocenters. The van der Waals surface area contributed by atoms with Crippen LogP contribution in [0.25, 0.3) is 0 Å². The van der Waals surface area contributed by atoms with E-state index in [2.05, 4.69) is 22.1 Å². The smallest absolute Gasteiger partial charge is 0.165 e. The van der Waals surface area contributed by atoms with Gasteiger partial charge in [0.1, 0.15) is 12.4 Å². The standard InChI is InChI=1S/C27H34FN3O3/c1-22-12-17-31(29-22)16-5-19-33-24-10-8-23(9-11-24)20-30-15-4-13-27(32,14-18-30)21-34-26-7-3-2-6-25(26)28/h2-3,6-12,17,32H,4-5,13-16,18-21H2,1H3/t27-/m1/s1. The quantitative estimate of drug-likeness (QED) is 0.442. The number of aromatic nitrogens is 2. The van der Waals surface area contributed by atoms with Crippen molar-refractivity contribution in [2.45, 2.75) is 51.3 Å². The number of aryl methyl sites for hydroxylation is 2. The predicted octanol–water partition coefficient (Wildman–Crippen LogP) is 4.60. The van der Waals surface area contributed by atoms with E-state index in [4.69, 9.17) is 9.47 Å². The molecule has 1 fully saturated rings. The van der Waals surface area contributed by atoms with Crippen LogP contribution in [-0.4, -0.2) is 51.7 Å². The molecule has 1 aromatic heterocycles. The van der Waals surface area contributed by atoms with Crippen LogP contribution < -0.4 is 9.47 Å². The summed E-state index contributed by atoms with van der Waals surface area (Å²) in [4.78, 5) is 2.35. The van der Waals surface area contributed by atoms with E-state index in [0.717, 1.165) is 50.5 Å². The molecule has 3 aromatic rings. The second-order valence-electron chi connectivity index (χ2n) is 9.14. The number of halogens is 1. The van der Waals surface area contributed by atoms with E-state index in [1.165, 1.54) is 11.6 Å². The molecule has 1 aliphatic rings. The Balaban J connectivity index is 1.19. The lowest BCUT2D eigenvalue weighted by Crippen LogP contribution is -2.37. The zero-order chi connectivity index (χ0) is 23.8. The lowest BCUT2D eigenvalue weighted by atomic mass is 9.96. The van der Waals surface area contributed by atoms with Crippen molar-refractivity contribution in [3.05, 3.63) is 77.9 Å². The van der Waals surface area contributed by atoms with E-state index < -0.39 is 11.4 Å². The van der Waals surface area contributed by atoms with Gasteiger partial charge in [-0.1, -0.05) is 24.3 Å². The fourth-order valence-electron chi connectivity index (χ4n) is 4.26. The Morgan fingerprint density at radius 3 is 2.62 bits per heavy atom. The minimum absolute atomic E-state index is 0.105. The van der Waals surface area contributed by atoms with Gasteiger partial charge >= 0.3 is 0 Å². The predicted molar refractivity (Wildman–Crippen MR) is 129 cm³/mol. The van der Waals surface area contributed by atoms with Gasteiger partial charge in [-0.15, -0.1) is 0 Å². The summed E-state index contributed by atoms with van der Waals surface area (Å²) in [6, 6.07) is 16.6. The summed E-state index contributed by atoms with van der Waals surface area (Å²) < 4.78 is 27.2. The molecular weight excluding hydrogens is 433 g/mol. The van der Waals surface area contributed by atoms with Gasteiger partial charge in [-0.05, 0) is 68.6 Å². The van der Waals surface area contributed by atoms with E-state index in [-0.39, 0.29) is 12.4 Å². The first-order chi connectivity index (χ1) is 16.5. The number of rotatable bonds is 10. The summed E-state index contributed by atoms with van der Waals surface area (Å²) >= 11 is 0. The third kappa shape index (κ3) is 7.05. The van der Waals surface area contributed by atoms with Crippen molar-refractivity contribution >= 4 is 0 Å². The molecule has 2 heterocycles. The highest BCUT2D eigenvalue weighted by atomic mass is 19.1. The van der Waals surface area contributed by atoms with E-state index >= 15 is 0 Å². The number of aliphatic hydroxyl groups is 1. The summed E-state index contributed by atoms with van der Waals surface area (Å²) in [7, 11) is 0. The SMILES string of the molecule is Cc1ccn(CCCOc2ccc(CN3CCC[C@](O)(COc4ccccc4F)CC3)cc2)n1. The summed E-state index contributed by atoms with van der Waals surface area (Å²) in [5, 5.41) is 15.4. The Morgan fingerprint density at radius 1 is 1.03 bits per heavy atom. The molecule has 0 unspecified atom stereocenters. The number of benzene rings is 2. The van der Waals surface area contributed by atoms with Gasteiger partial charge in [-0.3, -0.25) is 9.58 Å². The van der Waals surface area contributed by atoms with Gasteiger partial charge in [0, 0.05) is 32.3 Å². The Bertz CT molecular complexity index is 1040. The molecule has 7 heteroatoms. The minimum atomic E-state index is -0.941. The molecule has 4 rings (SSSR count). The second kappa shape index (κ2) is 11.5. The minimum Gasteiger partial charge on any atom is -0.494 e. The van der Waals surface area contributed by atoms with Crippen LogP contribution in [0.4, 0.5) is 4.39 Å². The largest absolute Gasteiger partial charge is 0.494 e. The first-order valence-electron chi connectivity index (χ1n) is 12.0. The van der Waals surface area contributed by atoms with Crippen LogP contribution in [0.2, 0.25) is 0 Å². The lowest BCUT2D eigenvalue weighted by Gasteiger charge is -2.27. The van der Waals surface area contributed by atoms with Crippen LogP contribution in [0.15, 0.2) is 60.8 Å². The zero-order valence-electron chi connectivity index (χ0n) is 19.8. The molecule has 182 valence electrons. The maximum absolute atomic E-state index is 13.8. The van der Waals surface area contributed by atoms with Crippen molar-refractivity contribution < 1.29 is 19.0 Å². The monoisotopic (exact) mass is 467 g/mol. The molecule has 1 aliphatic heterocycles. The van der Waals surface area contributed by atoms with Gasteiger partial charge in [-0.2, -0.15) is 5.10 Å². The van der Waals surface area contributed by atoms with Gasteiger partial charge in [0.05, 0.1) is 17.9 Å². The highest BCUT2D eigenvalue weighted by Crippen LogP contribution is 2.26. The van der Waals surface area contributed by atoms with E-state index in [1.807, 2.05) is 36.0 Å². The molecular formula is C27H34FN3O3. The molecule has 1 saturated heterocycles. The molecule has 0 amide bonds. The van der Waals surface area contributed by atoms with Crippen molar-refractivity contribution in [1.29, 1.82) is 0 Å². The van der Waals surface area contributed by atoms with Crippen molar-refractivity contribution in [1.82, 2.24) is 14.7 Å². The molecule has 34 heavy (non-hydrogen) atoms. The number of ether oxygens (including phenoxy) is 2. The number of hydrogen-bond donors (Lipinski definition) is 1. The number of likely N-dealkylation sites (tertiary alicyclic amines) is 1. The Morgan fingerprint density at radius 2 is 1.85 bits per heavy atom. The van der Waals surface area contributed by atoms with Gasteiger partial charge < -0.3 is 14.6 Å². The lowest BCUT2D eigenvalue weighted by molar-refractivity contribution is -0.0177. The third-order valence-corrected chi connectivity index (χ3v) is 6.25. The van der Waals surface area contributed by atoms with Crippen molar-refractivity contribution in [2.75, 3.05) is 26.3 Å². The average Bonchev–Trinajstić information content (AvgIpc) is 3.16. The van der Waals surface area contributed by atoms with Gasteiger partial charge in [-0.25, -0.2) is 4.39 Å². The first kappa shape index (κ1) is 24.2. The molecule has 0 aliphatic carbocycles. The van der Waals surface area contributed by atoms with Gasteiger partial charge in [0.25, 0.3) is 0 Å². The van der Waals surface area contributed by atoms with Crippen LogP contribution in [-0.2, 0) is 13.1 Å². The van der Waals surface area contributed by atoms with Crippen LogP contribution >= 0.6 is 0 Å². The van der Waals surface area contributed by atoms with Crippen LogP contribution in [0.1, 0.15) is 36.9 Å². The first-order valence-corrected chi connectivity index (χ1v) is 12.0. The fourth-order valence-corrected chi connectivity index (χ4v) is 4.26. The fraction of sp³-hybridized carbons (Fsp3) is 0.444. The molecule has 0 spiro atoms. The molecule has 0 radical (unpaired) electrons. The van der Waals surface area contributed by atoms with Crippen LogP contribution in [0.3, 0.4) is 0 Å². The summed E-state index contributed by atoms with van der Waals surface area (Å²) in [6.45, 7) is 6.09. The molecule has 6 nitrogen and oxygen atoms in total. The van der Waals surface area contributed by atoms with Gasteiger partial charge in [0.2, 0.25) is 0 Å². The highest BCUT2D eigenvalue weighted by Gasteiger charge is 2.31. The summed E-state index contributed by atoms with van der Waals surface area (Å²) in [5.74, 6) is 0.661. The topological polar surface area (TPSA) is 59.8 Å².